The normalized spacial score (nSPS) is 44.5. The highest BCUT2D eigenvalue weighted by Gasteiger charge is 2.77. The summed E-state index contributed by atoms with van der Waals surface area (Å²) in [7, 11) is 0. The molecule has 2 N–H and O–H groups in total. The van der Waals surface area contributed by atoms with Crippen molar-refractivity contribution in [2.75, 3.05) is 6.61 Å². The third-order valence-electron chi connectivity index (χ3n) is 11.6. The Labute approximate surface area is 252 Å². The highest BCUT2D eigenvalue weighted by molar-refractivity contribution is 5.89. The number of ether oxygens (including phenoxy) is 5. The molecule has 1 unspecified atom stereocenters. The minimum atomic E-state index is -1.77. The first-order valence-corrected chi connectivity index (χ1v) is 15.5. The lowest BCUT2D eigenvalue weighted by Gasteiger charge is -2.68. The lowest BCUT2D eigenvalue weighted by molar-refractivity contribution is -0.346. The molecule has 0 spiro atoms. The molecule has 43 heavy (non-hydrogen) atoms. The Balaban J connectivity index is 1.47. The maximum absolute atomic E-state index is 13.9. The average Bonchev–Trinajstić information content (AvgIpc) is 3.73. The van der Waals surface area contributed by atoms with Crippen LogP contribution in [0.15, 0.2) is 54.1 Å². The van der Waals surface area contributed by atoms with Crippen molar-refractivity contribution in [1.29, 1.82) is 0 Å². The molecule has 10 atom stereocenters. The Bertz CT molecular complexity index is 1370. The quantitative estimate of drug-likeness (QED) is 0.387. The molecule has 0 amide bonds. The second-order valence-corrected chi connectivity index (χ2v) is 14.2. The fourth-order valence-corrected chi connectivity index (χ4v) is 8.96. The number of hydrogen-bond donors (Lipinski definition) is 2. The highest BCUT2D eigenvalue weighted by Crippen LogP contribution is 2.66. The fourth-order valence-electron chi connectivity index (χ4n) is 8.96. The van der Waals surface area contributed by atoms with Crippen molar-refractivity contribution >= 4 is 11.9 Å². The van der Waals surface area contributed by atoms with Gasteiger partial charge in [-0.05, 0) is 62.0 Å². The number of esters is 2. The van der Waals surface area contributed by atoms with E-state index < -0.39 is 70.7 Å². The predicted octanol–water partition coefficient (Wildman–Crippen LogP) is 3.87. The van der Waals surface area contributed by atoms with Crippen LogP contribution in [0, 0.1) is 22.7 Å². The molecule has 9 heteroatoms. The van der Waals surface area contributed by atoms with E-state index in [1.807, 2.05) is 26.8 Å². The van der Waals surface area contributed by atoms with Crippen LogP contribution in [0.1, 0.15) is 70.2 Å². The standard InChI is InChI=1S/C34H42O9/c1-6-23-40-25-24-18(2)21(35)16-34(38,31(24,3)4)28(42-29(36)19-10-8-7-9-11-19)26-32(5,27(25)41-23)15-14-22-33(26,17-39-22)43-30(37)20-12-13-20/h6-11,20-23,25-28,35,38H,1,12-17H2,2-5H3/t21-,22+,23?,25+,26-,27+,28-,32+,33-,34+/m0/s1. The summed E-state index contributed by atoms with van der Waals surface area (Å²) in [6.07, 6.45) is -0.306. The highest BCUT2D eigenvalue weighted by atomic mass is 16.7. The Kier molecular flexibility index (Phi) is 6.59. The molecule has 0 aromatic heterocycles. The van der Waals surface area contributed by atoms with Crippen LogP contribution in [0.5, 0.6) is 0 Å². The summed E-state index contributed by atoms with van der Waals surface area (Å²) in [5, 5.41) is 24.6. The van der Waals surface area contributed by atoms with Gasteiger partial charge in [-0.3, -0.25) is 4.79 Å². The molecule has 2 saturated heterocycles. The monoisotopic (exact) mass is 594 g/mol. The Morgan fingerprint density at radius 3 is 2.44 bits per heavy atom. The van der Waals surface area contributed by atoms with E-state index >= 15 is 0 Å². The van der Waals surface area contributed by atoms with Crippen molar-refractivity contribution < 1.29 is 43.5 Å². The Hall–Kier alpha value is -2.56. The second-order valence-electron chi connectivity index (χ2n) is 14.2. The first-order chi connectivity index (χ1) is 20.4. The van der Waals surface area contributed by atoms with Gasteiger partial charge >= 0.3 is 11.9 Å². The molecular weight excluding hydrogens is 552 g/mol. The van der Waals surface area contributed by atoms with Gasteiger partial charge in [-0.1, -0.05) is 45.5 Å². The zero-order valence-electron chi connectivity index (χ0n) is 25.3. The number of benzene rings is 1. The second kappa shape index (κ2) is 9.72. The van der Waals surface area contributed by atoms with Crippen molar-refractivity contribution in [3.8, 4) is 0 Å². The Morgan fingerprint density at radius 1 is 1.09 bits per heavy atom. The summed E-state index contributed by atoms with van der Waals surface area (Å²) in [5.41, 5.74) is -2.99. The average molecular weight is 595 g/mol. The third-order valence-corrected chi connectivity index (χ3v) is 11.6. The van der Waals surface area contributed by atoms with E-state index in [0.717, 1.165) is 18.4 Å². The number of aliphatic hydroxyl groups is 2. The lowest BCUT2D eigenvalue weighted by atomic mass is 9.45. The van der Waals surface area contributed by atoms with E-state index in [1.165, 1.54) is 0 Å². The SMILES string of the molecule is C=CC1O[C@@H]2C3=C(C)[C@@H](O)C[C@@](O)([C@@H](OC(=O)c4ccccc4)[C@H]4[C@@](C)(CC[C@H]5OC[C@]54OC(=O)C4CC4)[C@@H]2O1)C3(C)C. The van der Waals surface area contributed by atoms with Crippen molar-refractivity contribution in [3.05, 3.63) is 59.7 Å². The molecule has 7 rings (SSSR count). The summed E-state index contributed by atoms with van der Waals surface area (Å²) in [6, 6.07) is 8.66. The molecule has 2 bridgehead atoms. The molecule has 6 aliphatic rings. The number of fused-ring (bicyclic) bond motifs is 8. The molecular formula is C34H42O9. The molecule has 2 aliphatic heterocycles. The van der Waals surface area contributed by atoms with Gasteiger partial charge in [0.15, 0.2) is 11.9 Å². The van der Waals surface area contributed by atoms with Gasteiger partial charge in [-0.25, -0.2) is 4.79 Å². The number of aliphatic hydroxyl groups excluding tert-OH is 1. The number of carbonyl (C=O) groups is 2. The molecule has 4 aliphatic carbocycles. The van der Waals surface area contributed by atoms with Crippen molar-refractivity contribution in [2.45, 2.75) is 108 Å². The van der Waals surface area contributed by atoms with Gasteiger partial charge in [0.25, 0.3) is 0 Å². The van der Waals surface area contributed by atoms with Gasteiger partial charge in [0.2, 0.25) is 0 Å². The van der Waals surface area contributed by atoms with Crippen molar-refractivity contribution in [2.24, 2.45) is 22.7 Å². The maximum atomic E-state index is 13.9. The number of rotatable bonds is 5. The molecule has 2 heterocycles. The maximum Gasteiger partial charge on any atom is 0.338 e. The van der Waals surface area contributed by atoms with Crippen molar-refractivity contribution in [1.82, 2.24) is 0 Å². The first-order valence-electron chi connectivity index (χ1n) is 15.5. The molecule has 1 aromatic rings. The fraction of sp³-hybridized carbons (Fsp3) is 0.647. The van der Waals surface area contributed by atoms with Crippen LogP contribution in [0.25, 0.3) is 0 Å². The van der Waals surface area contributed by atoms with Crippen LogP contribution in [0.4, 0.5) is 0 Å². The van der Waals surface area contributed by atoms with Gasteiger partial charge in [0, 0.05) is 17.3 Å². The van der Waals surface area contributed by atoms with Gasteiger partial charge in [0.05, 0.1) is 36.2 Å². The minimum Gasteiger partial charge on any atom is -0.455 e. The third kappa shape index (κ3) is 4.01. The van der Waals surface area contributed by atoms with Crippen LogP contribution in [0.3, 0.4) is 0 Å². The summed E-state index contributed by atoms with van der Waals surface area (Å²) in [5.74, 6) is -1.79. The molecule has 5 fully saturated rings. The Morgan fingerprint density at radius 2 is 1.81 bits per heavy atom. The van der Waals surface area contributed by atoms with Crippen LogP contribution in [0.2, 0.25) is 0 Å². The van der Waals surface area contributed by atoms with E-state index in [-0.39, 0.29) is 24.9 Å². The molecule has 3 saturated carbocycles. The molecule has 9 nitrogen and oxygen atoms in total. The van der Waals surface area contributed by atoms with Crippen molar-refractivity contribution in [3.63, 3.8) is 0 Å². The predicted molar refractivity (Wildman–Crippen MR) is 154 cm³/mol. The summed E-state index contributed by atoms with van der Waals surface area (Å²) < 4.78 is 32.2. The van der Waals surface area contributed by atoms with E-state index in [0.29, 0.717) is 24.0 Å². The van der Waals surface area contributed by atoms with Crippen LogP contribution < -0.4 is 0 Å². The van der Waals surface area contributed by atoms with Crippen LogP contribution >= 0.6 is 0 Å². The molecule has 232 valence electrons. The van der Waals surface area contributed by atoms with Gasteiger partial charge < -0.3 is 33.9 Å². The van der Waals surface area contributed by atoms with E-state index in [1.54, 1.807) is 30.3 Å². The number of hydrogen-bond acceptors (Lipinski definition) is 9. The van der Waals surface area contributed by atoms with E-state index in [2.05, 4.69) is 13.5 Å². The van der Waals surface area contributed by atoms with E-state index in [9.17, 15) is 19.8 Å². The van der Waals surface area contributed by atoms with Gasteiger partial charge in [-0.2, -0.15) is 0 Å². The summed E-state index contributed by atoms with van der Waals surface area (Å²) >= 11 is 0. The zero-order chi connectivity index (χ0) is 30.5. The number of carbonyl (C=O) groups excluding carboxylic acids is 2. The lowest BCUT2D eigenvalue weighted by Crippen LogP contribution is -2.79. The zero-order valence-corrected chi connectivity index (χ0v) is 25.3. The summed E-state index contributed by atoms with van der Waals surface area (Å²) in [6.45, 7) is 11.8. The molecule has 0 radical (unpaired) electrons. The van der Waals surface area contributed by atoms with Crippen LogP contribution in [-0.2, 0) is 28.5 Å². The van der Waals surface area contributed by atoms with Gasteiger partial charge in [0.1, 0.15) is 23.9 Å². The van der Waals surface area contributed by atoms with Gasteiger partial charge in [-0.15, -0.1) is 0 Å². The topological polar surface area (TPSA) is 121 Å². The van der Waals surface area contributed by atoms with E-state index in [4.69, 9.17) is 23.7 Å². The van der Waals surface area contributed by atoms with Crippen LogP contribution in [-0.4, -0.2) is 76.8 Å². The smallest absolute Gasteiger partial charge is 0.338 e. The minimum absolute atomic E-state index is 0.0735. The molecule has 1 aromatic carbocycles. The first kappa shape index (κ1) is 29.2. The summed E-state index contributed by atoms with van der Waals surface area (Å²) in [4.78, 5) is 27.3. The largest absolute Gasteiger partial charge is 0.455 e.